The smallest absolute Gasteiger partial charge is 0.475 e. The van der Waals surface area contributed by atoms with Crippen LogP contribution in [0.3, 0.4) is 0 Å². The summed E-state index contributed by atoms with van der Waals surface area (Å²) in [6.07, 6.45) is -2.13. The first-order valence-corrected chi connectivity index (χ1v) is 8.51. The van der Waals surface area contributed by atoms with Gasteiger partial charge in [0.1, 0.15) is 6.26 Å². The maximum absolute atomic E-state index is 12.1. The van der Waals surface area contributed by atoms with Crippen molar-refractivity contribution in [3.8, 4) is 5.69 Å². The van der Waals surface area contributed by atoms with Gasteiger partial charge in [-0.3, -0.25) is 9.59 Å². The highest BCUT2D eigenvalue weighted by Gasteiger charge is 2.38. The Kier molecular flexibility index (Phi) is 6.85. The Morgan fingerprint density at radius 3 is 2.16 bits per heavy atom. The first-order chi connectivity index (χ1) is 14.4. The third-order valence-corrected chi connectivity index (χ3v) is 4.00. The Balaban J connectivity index is 0.000000423. The summed E-state index contributed by atoms with van der Waals surface area (Å²) in [7, 11) is 0. The molecule has 2 amide bonds. The molecule has 2 aromatic heterocycles. The lowest BCUT2D eigenvalue weighted by Gasteiger charge is -2.08. The molecule has 164 valence electrons. The number of amides is 2. The van der Waals surface area contributed by atoms with Gasteiger partial charge < -0.3 is 25.1 Å². The monoisotopic (exact) mass is 438 g/mol. The number of aromatic nitrogens is 2. The second kappa shape index (κ2) is 9.15. The van der Waals surface area contributed by atoms with E-state index < -0.39 is 18.1 Å². The number of furan rings is 1. The number of aryl methyl sites for hydroxylation is 1. The van der Waals surface area contributed by atoms with Crippen molar-refractivity contribution in [3.63, 3.8) is 0 Å². The van der Waals surface area contributed by atoms with Gasteiger partial charge in [-0.2, -0.15) is 13.2 Å². The van der Waals surface area contributed by atoms with E-state index in [1.807, 2.05) is 30.5 Å². The summed E-state index contributed by atoms with van der Waals surface area (Å²) < 4.78 is 38.6. The highest BCUT2D eigenvalue weighted by Crippen LogP contribution is 2.18. The summed E-state index contributed by atoms with van der Waals surface area (Å²) in [5.74, 6) is -3.91. The summed E-state index contributed by atoms with van der Waals surface area (Å²) >= 11 is 0. The van der Waals surface area contributed by atoms with Crippen LogP contribution in [0.5, 0.6) is 0 Å². The lowest BCUT2D eigenvalue weighted by molar-refractivity contribution is -0.192. The number of halogens is 3. The number of nitrogens with two attached hydrogens (primary N) is 1. The third-order valence-electron chi connectivity index (χ3n) is 4.00. The summed E-state index contributed by atoms with van der Waals surface area (Å²) in [6, 6.07) is 8.65. The van der Waals surface area contributed by atoms with Crippen molar-refractivity contribution in [3.05, 3.63) is 65.6 Å². The number of nitrogens with zero attached hydrogens (tertiary/aromatic N) is 2. The molecule has 0 saturated carbocycles. The molecule has 0 bridgehead atoms. The van der Waals surface area contributed by atoms with Crippen LogP contribution >= 0.6 is 0 Å². The van der Waals surface area contributed by atoms with Gasteiger partial charge in [0.2, 0.25) is 0 Å². The van der Waals surface area contributed by atoms with Crippen LogP contribution < -0.4 is 11.1 Å². The van der Waals surface area contributed by atoms with Crippen molar-refractivity contribution >= 4 is 23.5 Å². The number of aliphatic carboxylic acids is 1. The molecule has 9 nitrogen and oxygen atoms in total. The number of hydrogen-bond acceptors (Lipinski definition) is 5. The van der Waals surface area contributed by atoms with Crippen molar-refractivity contribution in [2.24, 2.45) is 5.73 Å². The molecule has 2 heterocycles. The van der Waals surface area contributed by atoms with E-state index in [9.17, 15) is 22.8 Å². The van der Waals surface area contributed by atoms with Gasteiger partial charge in [-0.25, -0.2) is 9.78 Å². The molecule has 0 aliphatic carbocycles. The zero-order valence-electron chi connectivity index (χ0n) is 16.2. The molecule has 0 spiro atoms. The number of alkyl halides is 3. The predicted octanol–water partition coefficient (Wildman–Crippen LogP) is 3.07. The number of primary amides is 1. The minimum Gasteiger partial charge on any atom is -0.475 e. The Bertz CT molecular complexity index is 1100. The molecule has 0 radical (unpaired) electrons. The van der Waals surface area contributed by atoms with Gasteiger partial charge in [-0.1, -0.05) is 0 Å². The molecule has 0 atom stereocenters. The fraction of sp³-hybridized carbons (Fsp3) is 0.158. The fourth-order valence-corrected chi connectivity index (χ4v) is 2.25. The van der Waals surface area contributed by atoms with Gasteiger partial charge >= 0.3 is 12.1 Å². The Hall–Kier alpha value is -4.09. The lowest BCUT2D eigenvalue weighted by atomic mass is 10.2. The topological polar surface area (TPSA) is 140 Å². The minimum atomic E-state index is -5.08. The maximum Gasteiger partial charge on any atom is 0.490 e. The average Bonchev–Trinajstić information content (AvgIpc) is 3.31. The van der Waals surface area contributed by atoms with Crippen LogP contribution in [0.25, 0.3) is 5.69 Å². The largest absolute Gasteiger partial charge is 0.490 e. The van der Waals surface area contributed by atoms with Crippen molar-refractivity contribution < 1.29 is 37.1 Å². The zero-order valence-corrected chi connectivity index (χ0v) is 16.2. The molecule has 0 unspecified atom stereocenters. The summed E-state index contributed by atoms with van der Waals surface area (Å²) in [5.41, 5.74) is 8.93. The number of carbonyl (C=O) groups is 3. The molecule has 12 heteroatoms. The molecular weight excluding hydrogens is 421 g/mol. The Morgan fingerprint density at radius 1 is 1.16 bits per heavy atom. The van der Waals surface area contributed by atoms with E-state index >= 15 is 0 Å². The van der Waals surface area contributed by atoms with E-state index in [4.69, 9.17) is 20.1 Å². The van der Waals surface area contributed by atoms with Crippen molar-refractivity contribution in [1.29, 1.82) is 0 Å². The Labute approximate surface area is 173 Å². The molecule has 4 N–H and O–H groups in total. The number of carbonyl (C=O) groups excluding carboxylic acids is 2. The Morgan fingerprint density at radius 2 is 1.74 bits per heavy atom. The molecule has 0 aliphatic heterocycles. The molecule has 0 saturated heterocycles. The van der Waals surface area contributed by atoms with Crippen molar-refractivity contribution in [2.75, 3.05) is 5.32 Å². The minimum absolute atomic E-state index is 0.0542. The van der Waals surface area contributed by atoms with Gasteiger partial charge in [0.05, 0.1) is 17.6 Å². The first kappa shape index (κ1) is 23.2. The normalized spacial score (nSPS) is 10.7. The van der Waals surface area contributed by atoms with Crippen molar-refractivity contribution in [1.82, 2.24) is 9.55 Å². The van der Waals surface area contributed by atoms with E-state index in [2.05, 4.69) is 10.3 Å². The average molecular weight is 438 g/mol. The van der Waals surface area contributed by atoms with E-state index in [0.29, 0.717) is 5.69 Å². The van der Waals surface area contributed by atoms with Crippen LogP contribution in [0.2, 0.25) is 0 Å². The fourth-order valence-electron chi connectivity index (χ4n) is 2.25. The third kappa shape index (κ3) is 5.95. The van der Waals surface area contributed by atoms with Gasteiger partial charge in [-0.15, -0.1) is 0 Å². The SMILES string of the molecule is Cc1ncn(-c2ccc(NC(=O)c3coc(C(N)=O)c3)cc2)c1C.O=C(O)C(F)(F)F. The quantitative estimate of drug-likeness (QED) is 0.572. The molecule has 3 rings (SSSR count). The molecule has 3 aromatic rings. The van der Waals surface area contributed by atoms with Gasteiger partial charge in [0, 0.05) is 23.1 Å². The summed E-state index contributed by atoms with van der Waals surface area (Å²) in [6.45, 7) is 3.94. The molecular formula is C19H17F3N4O5. The first-order valence-electron chi connectivity index (χ1n) is 8.51. The second-order valence-corrected chi connectivity index (χ2v) is 6.15. The standard InChI is InChI=1S/C17H16N4O3.C2HF3O2/c1-10-11(2)21(9-19-10)14-5-3-13(4-6-14)20-17(23)12-7-15(16(18)22)24-8-12;3-2(4,5)1(6)7/h3-9H,1-2H3,(H2,18,22)(H,20,23);(H,6,7). The summed E-state index contributed by atoms with van der Waals surface area (Å²) in [5, 5.41) is 9.86. The van der Waals surface area contributed by atoms with Crippen LogP contribution in [0.4, 0.5) is 18.9 Å². The molecule has 1 aromatic carbocycles. The van der Waals surface area contributed by atoms with E-state index in [0.717, 1.165) is 17.1 Å². The zero-order chi connectivity index (χ0) is 23.3. The van der Waals surface area contributed by atoms with Crippen LogP contribution in [0.1, 0.15) is 32.3 Å². The number of rotatable bonds is 4. The van der Waals surface area contributed by atoms with Crippen LogP contribution in [-0.4, -0.2) is 38.6 Å². The number of anilines is 1. The number of hydrogen-bond donors (Lipinski definition) is 3. The van der Waals surface area contributed by atoms with Crippen LogP contribution in [-0.2, 0) is 4.79 Å². The molecule has 0 fully saturated rings. The predicted molar refractivity (Wildman–Crippen MR) is 102 cm³/mol. The van der Waals surface area contributed by atoms with Gasteiger partial charge in [0.15, 0.2) is 5.76 Å². The molecule has 0 aliphatic rings. The van der Waals surface area contributed by atoms with E-state index in [1.54, 1.807) is 18.5 Å². The van der Waals surface area contributed by atoms with Gasteiger partial charge in [-0.05, 0) is 38.1 Å². The second-order valence-electron chi connectivity index (χ2n) is 6.15. The highest BCUT2D eigenvalue weighted by molar-refractivity contribution is 6.05. The van der Waals surface area contributed by atoms with E-state index in [-0.39, 0.29) is 17.2 Å². The number of carboxylic acid groups (broad SMARTS) is 1. The number of nitrogens with one attached hydrogen (secondary N) is 1. The number of benzene rings is 1. The maximum atomic E-state index is 12.1. The lowest BCUT2D eigenvalue weighted by Crippen LogP contribution is -2.21. The van der Waals surface area contributed by atoms with Crippen molar-refractivity contribution in [2.45, 2.75) is 20.0 Å². The number of imidazole rings is 1. The highest BCUT2D eigenvalue weighted by atomic mass is 19.4. The van der Waals surface area contributed by atoms with E-state index in [1.165, 1.54) is 12.3 Å². The van der Waals surface area contributed by atoms with Crippen LogP contribution in [0.15, 0.2) is 47.3 Å². The molecule has 31 heavy (non-hydrogen) atoms. The van der Waals surface area contributed by atoms with Crippen LogP contribution in [0, 0.1) is 13.8 Å². The van der Waals surface area contributed by atoms with Gasteiger partial charge in [0.25, 0.3) is 11.8 Å². The number of carboxylic acids is 1. The summed E-state index contributed by atoms with van der Waals surface area (Å²) in [4.78, 5) is 36.3.